The molecule has 1 atom stereocenters. The largest absolute Gasteiger partial charge is 0.356 e. The van der Waals surface area contributed by atoms with Crippen LogP contribution in [0.15, 0.2) is 28.7 Å². The number of benzene rings is 1. The first-order valence-corrected chi connectivity index (χ1v) is 5.62. The van der Waals surface area contributed by atoms with Crippen molar-refractivity contribution < 1.29 is 4.39 Å². The maximum Gasteiger partial charge on any atom is 0.141 e. The van der Waals surface area contributed by atoms with Gasteiger partial charge in [-0.05, 0) is 37.2 Å². The normalized spacial score (nSPS) is 13.3. The summed E-state index contributed by atoms with van der Waals surface area (Å²) in [7, 11) is 0. The van der Waals surface area contributed by atoms with E-state index in [2.05, 4.69) is 20.9 Å². The summed E-state index contributed by atoms with van der Waals surface area (Å²) >= 11 is 3.38. The van der Waals surface area contributed by atoms with E-state index in [0.29, 0.717) is 18.7 Å². The zero-order chi connectivity index (χ0) is 10.8. The number of alkyl halides is 1. The highest BCUT2D eigenvalue weighted by Crippen LogP contribution is 2.26. The molecule has 2 rings (SSSR count). The predicted molar refractivity (Wildman–Crippen MR) is 63.5 cm³/mol. The van der Waals surface area contributed by atoms with E-state index >= 15 is 0 Å². The fraction of sp³-hybridized carbons (Fsp3) is 0.273. The molecule has 0 spiro atoms. The molecule has 0 saturated carbocycles. The highest BCUT2D eigenvalue weighted by molar-refractivity contribution is 9.10. The van der Waals surface area contributed by atoms with Gasteiger partial charge < -0.3 is 10.7 Å². The van der Waals surface area contributed by atoms with Gasteiger partial charge in [-0.15, -0.1) is 0 Å². The molecular weight excluding hydrogens is 259 g/mol. The minimum atomic E-state index is -0.999. The van der Waals surface area contributed by atoms with Crippen molar-refractivity contribution in [1.29, 1.82) is 0 Å². The second kappa shape index (κ2) is 4.33. The van der Waals surface area contributed by atoms with Crippen LogP contribution in [0.25, 0.3) is 10.9 Å². The molecule has 80 valence electrons. The number of hydrogen-bond acceptors (Lipinski definition) is 1. The molecule has 0 fully saturated rings. The summed E-state index contributed by atoms with van der Waals surface area (Å²) in [4.78, 5) is 3.06. The SMILES string of the molecule is NCCC(F)c1cc2cc(Br)ccc2[nH]1. The molecule has 3 N–H and O–H groups in total. The molecule has 15 heavy (non-hydrogen) atoms. The minimum Gasteiger partial charge on any atom is -0.356 e. The lowest BCUT2D eigenvalue weighted by atomic mass is 10.2. The number of aromatic nitrogens is 1. The average Bonchev–Trinajstić information content (AvgIpc) is 2.60. The number of halogens is 2. The number of fused-ring (bicyclic) bond motifs is 1. The number of rotatable bonds is 3. The summed E-state index contributed by atoms with van der Waals surface area (Å²) in [5, 5.41) is 1.01. The quantitative estimate of drug-likeness (QED) is 0.883. The Labute approximate surface area is 95.8 Å². The fourth-order valence-electron chi connectivity index (χ4n) is 1.60. The molecule has 0 aliphatic rings. The van der Waals surface area contributed by atoms with Gasteiger partial charge in [-0.3, -0.25) is 0 Å². The van der Waals surface area contributed by atoms with E-state index in [1.165, 1.54) is 0 Å². The van der Waals surface area contributed by atoms with Gasteiger partial charge in [0.1, 0.15) is 6.17 Å². The van der Waals surface area contributed by atoms with Crippen LogP contribution in [0.5, 0.6) is 0 Å². The third kappa shape index (κ3) is 2.21. The van der Waals surface area contributed by atoms with Crippen LogP contribution in [0, 0.1) is 0 Å². The van der Waals surface area contributed by atoms with Crippen molar-refractivity contribution in [2.24, 2.45) is 5.73 Å². The number of aromatic amines is 1. The van der Waals surface area contributed by atoms with Crippen LogP contribution < -0.4 is 5.73 Å². The van der Waals surface area contributed by atoms with E-state index in [9.17, 15) is 4.39 Å². The minimum absolute atomic E-state index is 0.355. The lowest BCUT2D eigenvalue weighted by Crippen LogP contribution is -2.03. The maximum atomic E-state index is 13.6. The molecule has 0 aliphatic carbocycles. The van der Waals surface area contributed by atoms with Crippen molar-refractivity contribution in [3.05, 3.63) is 34.4 Å². The van der Waals surface area contributed by atoms with Gasteiger partial charge in [-0.2, -0.15) is 0 Å². The Kier molecular flexibility index (Phi) is 3.07. The first-order chi connectivity index (χ1) is 7.20. The van der Waals surface area contributed by atoms with Crippen LogP contribution in [0.2, 0.25) is 0 Å². The maximum absolute atomic E-state index is 13.6. The molecule has 0 amide bonds. The van der Waals surface area contributed by atoms with Gasteiger partial charge in [-0.25, -0.2) is 4.39 Å². The molecule has 1 aromatic carbocycles. The molecular formula is C11H12BrFN2. The van der Waals surface area contributed by atoms with Crippen molar-refractivity contribution in [2.45, 2.75) is 12.6 Å². The van der Waals surface area contributed by atoms with E-state index in [4.69, 9.17) is 5.73 Å². The van der Waals surface area contributed by atoms with Gasteiger partial charge in [-0.1, -0.05) is 15.9 Å². The Morgan fingerprint density at radius 1 is 1.40 bits per heavy atom. The first-order valence-electron chi connectivity index (χ1n) is 4.83. The van der Waals surface area contributed by atoms with Crippen LogP contribution >= 0.6 is 15.9 Å². The fourth-order valence-corrected chi connectivity index (χ4v) is 1.98. The lowest BCUT2D eigenvalue weighted by molar-refractivity contribution is 0.322. The van der Waals surface area contributed by atoms with Crippen LogP contribution in [-0.4, -0.2) is 11.5 Å². The Morgan fingerprint density at radius 3 is 2.93 bits per heavy atom. The number of nitrogens with two attached hydrogens (primary N) is 1. The average molecular weight is 271 g/mol. The van der Waals surface area contributed by atoms with Crippen LogP contribution in [0.1, 0.15) is 18.3 Å². The molecule has 4 heteroatoms. The van der Waals surface area contributed by atoms with Gasteiger partial charge in [0, 0.05) is 15.4 Å². The van der Waals surface area contributed by atoms with Crippen molar-refractivity contribution in [1.82, 2.24) is 4.98 Å². The number of nitrogens with one attached hydrogen (secondary N) is 1. The second-order valence-electron chi connectivity index (χ2n) is 3.50. The predicted octanol–water partition coefficient (Wildman–Crippen LogP) is 3.29. The summed E-state index contributed by atoms with van der Waals surface area (Å²) in [6.45, 7) is 0.361. The van der Waals surface area contributed by atoms with Gasteiger partial charge >= 0.3 is 0 Å². The molecule has 0 saturated heterocycles. The van der Waals surface area contributed by atoms with Gasteiger partial charge in [0.25, 0.3) is 0 Å². The van der Waals surface area contributed by atoms with Gasteiger partial charge in [0.2, 0.25) is 0 Å². The molecule has 1 aromatic heterocycles. The van der Waals surface area contributed by atoms with Crippen molar-refractivity contribution in [3.8, 4) is 0 Å². The Hall–Kier alpha value is -0.870. The van der Waals surface area contributed by atoms with Crippen molar-refractivity contribution in [2.75, 3.05) is 6.54 Å². The Balaban J connectivity index is 2.38. The summed E-state index contributed by atoms with van der Waals surface area (Å²) < 4.78 is 14.5. The second-order valence-corrected chi connectivity index (χ2v) is 4.42. The highest BCUT2D eigenvalue weighted by atomic mass is 79.9. The van der Waals surface area contributed by atoms with Crippen LogP contribution in [-0.2, 0) is 0 Å². The third-order valence-electron chi connectivity index (χ3n) is 2.36. The zero-order valence-corrected chi connectivity index (χ0v) is 9.72. The summed E-state index contributed by atoms with van der Waals surface area (Å²) in [5.74, 6) is 0. The summed E-state index contributed by atoms with van der Waals surface area (Å²) in [6, 6.07) is 7.65. The Morgan fingerprint density at radius 2 is 2.20 bits per heavy atom. The topological polar surface area (TPSA) is 41.8 Å². The zero-order valence-electron chi connectivity index (χ0n) is 8.13. The third-order valence-corrected chi connectivity index (χ3v) is 2.85. The molecule has 2 aromatic rings. The van der Waals surface area contributed by atoms with Crippen LogP contribution in [0.4, 0.5) is 4.39 Å². The summed E-state index contributed by atoms with van der Waals surface area (Å²) in [6.07, 6.45) is -0.644. The van der Waals surface area contributed by atoms with Crippen molar-refractivity contribution >= 4 is 26.8 Å². The van der Waals surface area contributed by atoms with Crippen LogP contribution in [0.3, 0.4) is 0 Å². The van der Waals surface area contributed by atoms with Crippen molar-refractivity contribution in [3.63, 3.8) is 0 Å². The molecule has 2 nitrogen and oxygen atoms in total. The number of hydrogen-bond donors (Lipinski definition) is 2. The Bertz CT molecular complexity index is 467. The van der Waals surface area contributed by atoms with E-state index in [1.54, 1.807) is 0 Å². The van der Waals surface area contributed by atoms with E-state index in [0.717, 1.165) is 15.4 Å². The summed E-state index contributed by atoms with van der Waals surface area (Å²) in [5.41, 5.74) is 6.88. The molecule has 0 radical (unpaired) electrons. The standard InChI is InChI=1S/C11H12BrFN2/c12-8-1-2-10-7(5-8)6-11(15-10)9(13)3-4-14/h1-2,5-6,9,15H,3-4,14H2. The molecule has 0 bridgehead atoms. The van der Waals surface area contributed by atoms with Gasteiger partial charge in [0.15, 0.2) is 0 Å². The monoisotopic (exact) mass is 270 g/mol. The van der Waals surface area contributed by atoms with E-state index in [-0.39, 0.29) is 0 Å². The first kappa shape index (κ1) is 10.6. The molecule has 1 unspecified atom stereocenters. The van der Waals surface area contributed by atoms with Gasteiger partial charge in [0.05, 0.1) is 5.69 Å². The molecule has 1 heterocycles. The number of H-pyrrole nitrogens is 1. The smallest absolute Gasteiger partial charge is 0.141 e. The van der Waals surface area contributed by atoms with E-state index in [1.807, 2.05) is 24.3 Å². The lowest BCUT2D eigenvalue weighted by Gasteiger charge is -2.02. The highest BCUT2D eigenvalue weighted by Gasteiger charge is 2.11. The van der Waals surface area contributed by atoms with E-state index < -0.39 is 6.17 Å². The molecule has 0 aliphatic heterocycles.